The first-order chi connectivity index (χ1) is 18.0. The number of alkyl halides is 3. The highest BCUT2D eigenvalue weighted by molar-refractivity contribution is 6.34. The molecule has 1 amide bonds. The number of hydrogen-bond donors (Lipinski definition) is 2. The molecule has 9 nitrogen and oxygen atoms in total. The average Bonchev–Trinajstić information content (AvgIpc) is 3.39. The molecule has 14 heteroatoms. The predicted octanol–water partition coefficient (Wildman–Crippen LogP) is 5.38. The summed E-state index contributed by atoms with van der Waals surface area (Å²) in [5, 5.41) is 9.38. The van der Waals surface area contributed by atoms with Gasteiger partial charge in [-0.1, -0.05) is 18.2 Å². The second-order valence-electron chi connectivity index (χ2n) is 7.68. The van der Waals surface area contributed by atoms with E-state index in [4.69, 9.17) is 22.1 Å². The van der Waals surface area contributed by atoms with Gasteiger partial charge in [0.25, 0.3) is 5.91 Å². The van der Waals surface area contributed by atoms with Crippen molar-refractivity contribution in [3.8, 4) is 16.9 Å². The molecule has 4 aromatic rings. The van der Waals surface area contributed by atoms with Crippen molar-refractivity contribution < 1.29 is 27.1 Å². The standard InChI is InChI=1S/C24H18ClF4N7O2/c1-3-38-12(2)16-10-31-11-20(30)21(16)15-7-18(25)14(8-19(15)26)23(37)35-13-6-17(24(27,28)29)22(32-9-13)36-33-4-5-34-36/h4-11H,2-3,30H2,1H3,(H,35,37). The summed E-state index contributed by atoms with van der Waals surface area (Å²) in [6.07, 6.45) is 1.22. The Bertz CT molecular complexity index is 1530. The zero-order chi connectivity index (χ0) is 27.6. The van der Waals surface area contributed by atoms with Crippen molar-refractivity contribution in [2.75, 3.05) is 17.7 Å². The SMILES string of the molecule is C=C(OCC)c1cncc(N)c1-c1cc(Cl)c(C(=O)Nc2cnc(-n3nccn3)c(C(F)(F)F)c2)cc1F. The van der Waals surface area contributed by atoms with Gasteiger partial charge in [-0.25, -0.2) is 9.37 Å². The zero-order valence-corrected chi connectivity index (χ0v) is 20.3. The van der Waals surface area contributed by atoms with E-state index in [2.05, 4.69) is 32.1 Å². The number of halogens is 5. The van der Waals surface area contributed by atoms with Crippen LogP contribution in [-0.4, -0.2) is 37.5 Å². The average molecular weight is 548 g/mol. The molecule has 0 bridgehead atoms. The first-order valence-electron chi connectivity index (χ1n) is 10.8. The molecule has 38 heavy (non-hydrogen) atoms. The van der Waals surface area contributed by atoms with Crippen LogP contribution in [0.1, 0.15) is 28.4 Å². The Hall–Kier alpha value is -4.52. The van der Waals surface area contributed by atoms with E-state index in [0.29, 0.717) is 23.0 Å². The summed E-state index contributed by atoms with van der Waals surface area (Å²) in [6, 6.07) is 2.68. The molecule has 0 radical (unpaired) electrons. The molecule has 0 spiro atoms. The van der Waals surface area contributed by atoms with Crippen molar-refractivity contribution in [2.45, 2.75) is 13.1 Å². The number of nitrogens with two attached hydrogens (primary N) is 1. The van der Waals surface area contributed by atoms with Crippen LogP contribution in [0.2, 0.25) is 5.02 Å². The van der Waals surface area contributed by atoms with Crippen LogP contribution >= 0.6 is 11.6 Å². The fourth-order valence-corrected chi connectivity index (χ4v) is 3.82. The van der Waals surface area contributed by atoms with Crippen LogP contribution in [0.25, 0.3) is 22.7 Å². The molecule has 3 N–H and O–H groups in total. The smallest absolute Gasteiger partial charge is 0.420 e. The molecule has 3 aromatic heterocycles. The highest BCUT2D eigenvalue weighted by Gasteiger charge is 2.36. The molecule has 0 aliphatic heterocycles. The maximum Gasteiger partial charge on any atom is 0.420 e. The Kier molecular flexibility index (Phi) is 7.30. The van der Waals surface area contributed by atoms with Gasteiger partial charge < -0.3 is 15.8 Å². The van der Waals surface area contributed by atoms with E-state index in [-0.39, 0.29) is 38.8 Å². The molecule has 3 heterocycles. The Balaban J connectivity index is 1.69. The van der Waals surface area contributed by atoms with Crippen molar-refractivity contribution in [2.24, 2.45) is 0 Å². The number of pyridine rings is 2. The Labute approximate surface area is 217 Å². The summed E-state index contributed by atoms with van der Waals surface area (Å²) in [5.41, 5.74) is 4.76. The monoisotopic (exact) mass is 547 g/mol. The first kappa shape index (κ1) is 26.5. The van der Waals surface area contributed by atoms with E-state index in [1.165, 1.54) is 30.9 Å². The van der Waals surface area contributed by atoms with Gasteiger partial charge in [0.1, 0.15) is 17.1 Å². The van der Waals surface area contributed by atoms with Gasteiger partial charge in [0.2, 0.25) is 0 Å². The van der Waals surface area contributed by atoms with Gasteiger partial charge in [-0.2, -0.15) is 23.4 Å². The van der Waals surface area contributed by atoms with Gasteiger partial charge in [0, 0.05) is 22.9 Å². The van der Waals surface area contributed by atoms with Crippen LogP contribution in [0.4, 0.5) is 28.9 Å². The summed E-state index contributed by atoms with van der Waals surface area (Å²) in [5.74, 6) is -2.24. The van der Waals surface area contributed by atoms with Crippen LogP contribution in [0, 0.1) is 5.82 Å². The molecular formula is C24H18ClF4N7O2. The molecule has 1 aromatic carbocycles. The minimum absolute atomic E-state index is 0.0561. The quantitative estimate of drug-likeness (QED) is 0.235. The molecule has 0 aliphatic carbocycles. The van der Waals surface area contributed by atoms with E-state index >= 15 is 4.39 Å². The van der Waals surface area contributed by atoms with E-state index in [1.54, 1.807) is 6.92 Å². The summed E-state index contributed by atoms with van der Waals surface area (Å²) in [4.78, 5) is 21.3. The minimum atomic E-state index is -4.84. The summed E-state index contributed by atoms with van der Waals surface area (Å²) < 4.78 is 61.7. The number of benzene rings is 1. The van der Waals surface area contributed by atoms with Gasteiger partial charge >= 0.3 is 6.18 Å². The molecule has 0 atom stereocenters. The fourth-order valence-electron chi connectivity index (χ4n) is 3.57. The second kappa shape index (κ2) is 10.5. The number of amides is 1. The number of carbonyl (C=O) groups is 1. The maximum atomic E-state index is 15.3. The maximum absolute atomic E-state index is 15.3. The van der Waals surface area contributed by atoms with Gasteiger partial charge in [-0.3, -0.25) is 9.78 Å². The molecule has 196 valence electrons. The molecule has 0 saturated heterocycles. The Morgan fingerprint density at radius 1 is 1.16 bits per heavy atom. The topological polar surface area (TPSA) is 121 Å². The van der Waals surface area contributed by atoms with Crippen LogP contribution in [-0.2, 0) is 10.9 Å². The van der Waals surface area contributed by atoms with Crippen molar-refractivity contribution in [1.82, 2.24) is 25.0 Å². The lowest BCUT2D eigenvalue weighted by Crippen LogP contribution is -2.17. The Morgan fingerprint density at radius 3 is 2.53 bits per heavy atom. The van der Waals surface area contributed by atoms with Crippen LogP contribution < -0.4 is 11.1 Å². The largest absolute Gasteiger partial charge is 0.494 e. The number of nitrogens with one attached hydrogen (secondary N) is 1. The normalized spacial score (nSPS) is 11.3. The number of nitrogen functional groups attached to an aromatic ring is 1. The predicted molar refractivity (Wildman–Crippen MR) is 132 cm³/mol. The minimum Gasteiger partial charge on any atom is -0.494 e. The molecular weight excluding hydrogens is 530 g/mol. The number of carbonyl (C=O) groups excluding carboxylic acids is 1. The third-order valence-corrected chi connectivity index (χ3v) is 5.52. The summed E-state index contributed by atoms with van der Waals surface area (Å²) >= 11 is 6.30. The third kappa shape index (κ3) is 5.27. The molecule has 0 saturated carbocycles. The number of aromatic nitrogens is 5. The molecule has 0 aliphatic rings. The van der Waals surface area contributed by atoms with Gasteiger partial charge in [0.05, 0.1) is 53.4 Å². The lowest BCUT2D eigenvalue weighted by Gasteiger charge is -2.16. The second-order valence-corrected chi connectivity index (χ2v) is 8.09. The number of hydrogen-bond acceptors (Lipinski definition) is 7. The van der Waals surface area contributed by atoms with Crippen LogP contribution in [0.15, 0.2) is 55.8 Å². The zero-order valence-electron chi connectivity index (χ0n) is 19.6. The van der Waals surface area contributed by atoms with E-state index in [1.807, 2.05) is 0 Å². The number of rotatable bonds is 7. The van der Waals surface area contributed by atoms with Gasteiger partial charge in [0.15, 0.2) is 5.82 Å². The molecule has 0 unspecified atom stereocenters. The van der Waals surface area contributed by atoms with Crippen molar-refractivity contribution in [3.63, 3.8) is 0 Å². The van der Waals surface area contributed by atoms with E-state index in [9.17, 15) is 18.0 Å². The summed E-state index contributed by atoms with van der Waals surface area (Å²) in [7, 11) is 0. The molecule has 4 rings (SSSR count). The fraction of sp³-hybridized carbons (Fsp3) is 0.125. The van der Waals surface area contributed by atoms with Crippen molar-refractivity contribution in [3.05, 3.63) is 83.3 Å². The van der Waals surface area contributed by atoms with Crippen LogP contribution in [0.5, 0.6) is 0 Å². The van der Waals surface area contributed by atoms with Crippen LogP contribution in [0.3, 0.4) is 0 Å². The lowest BCUT2D eigenvalue weighted by molar-refractivity contribution is -0.137. The first-order valence-corrected chi connectivity index (χ1v) is 11.2. The highest BCUT2D eigenvalue weighted by atomic mass is 35.5. The number of ether oxygens (including phenoxy) is 1. The molecule has 0 fully saturated rings. The number of nitrogens with zero attached hydrogens (tertiary/aromatic N) is 5. The highest BCUT2D eigenvalue weighted by Crippen LogP contribution is 2.38. The van der Waals surface area contributed by atoms with Crippen molar-refractivity contribution in [1.29, 1.82) is 0 Å². The lowest BCUT2D eigenvalue weighted by atomic mass is 9.97. The van der Waals surface area contributed by atoms with Gasteiger partial charge in [-0.15, -0.1) is 4.80 Å². The number of anilines is 2. The van der Waals surface area contributed by atoms with E-state index in [0.717, 1.165) is 12.3 Å². The summed E-state index contributed by atoms with van der Waals surface area (Å²) in [6.45, 7) is 5.83. The third-order valence-electron chi connectivity index (χ3n) is 5.20. The Morgan fingerprint density at radius 2 is 1.87 bits per heavy atom. The van der Waals surface area contributed by atoms with Gasteiger partial charge in [-0.05, 0) is 25.1 Å². The van der Waals surface area contributed by atoms with E-state index < -0.39 is 29.3 Å². The van der Waals surface area contributed by atoms with Crippen molar-refractivity contribution >= 4 is 34.6 Å².